The van der Waals surface area contributed by atoms with Gasteiger partial charge in [0.1, 0.15) is 13.2 Å². The first-order valence-electron chi connectivity index (χ1n) is 8.79. The topological polar surface area (TPSA) is 106 Å². The molecular weight excluding hydrogens is 392 g/mol. The molecule has 2 aromatic heterocycles. The number of hydrogen-bond donors (Lipinski definition) is 2. The SMILES string of the molecule is O=C1N=c2cc3c(cc2=C/C1=C\c1sc(Nc2cccnc2)nc1O)OCCO3. The highest BCUT2D eigenvalue weighted by Gasteiger charge is 2.18. The van der Waals surface area contributed by atoms with Gasteiger partial charge < -0.3 is 19.9 Å². The first-order valence-corrected chi connectivity index (χ1v) is 9.60. The van der Waals surface area contributed by atoms with Gasteiger partial charge in [-0.15, -0.1) is 0 Å². The van der Waals surface area contributed by atoms with Crippen molar-refractivity contribution in [3.05, 3.63) is 57.7 Å². The lowest BCUT2D eigenvalue weighted by atomic mass is 10.1. The molecule has 0 saturated carbocycles. The fraction of sp³-hybridized carbons (Fsp3) is 0.100. The minimum Gasteiger partial charge on any atom is -0.492 e. The number of carbonyl (C=O) groups excluding carboxylic acids is 1. The number of thiazole rings is 1. The molecule has 2 N–H and O–H groups in total. The van der Waals surface area contributed by atoms with Gasteiger partial charge in [0, 0.05) is 23.1 Å². The van der Waals surface area contributed by atoms with Gasteiger partial charge >= 0.3 is 0 Å². The Labute approximate surface area is 168 Å². The highest BCUT2D eigenvalue weighted by atomic mass is 32.1. The summed E-state index contributed by atoms with van der Waals surface area (Å²) in [6.07, 6.45) is 6.61. The third kappa shape index (κ3) is 3.43. The van der Waals surface area contributed by atoms with Crippen molar-refractivity contribution in [3.63, 3.8) is 0 Å². The predicted octanol–water partition coefficient (Wildman–Crippen LogP) is 1.78. The van der Waals surface area contributed by atoms with E-state index in [2.05, 4.69) is 20.3 Å². The van der Waals surface area contributed by atoms with Crippen LogP contribution in [-0.2, 0) is 4.79 Å². The third-order valence-electron chi connectivity index (χ3n) is 4.31. The summed E-state index contributed by atoms with van der Waals surface area (Å²) in [5.41, 5.74) is 1.10. The van der Waals surface area contributed by atoms with Crippen molar-refractivity contribution in [2.45, 2.75) is 0 Å². The zero-order valence-corrected chi connectivity index (χ0v) is 15.8. The molecule has 5 rings (SSSR count). The Morgan fingerprint density at radius 3 is 2.83 bits per heavy atom. The van der Waals surface area contributed by atoms with Crippen LogP contribution in [0.5, 0.6) is 17.4 Å². The first kappa shape index (κ1) is 17.4. The third-order valence-corrected chi connectivity index (χ3v) is 5.21. The largest absolute Gasteiger partial charge is 0.492 e. The van der Waals surface area contributed by atoms with E-state index in [0.717, 1.165) is 10.9 Å². The number of rotatable bonds is 3. The minimum absolute atomic E-state index is 0.164. The van der Waals surface area contributed by atoms with Crippen LogP contribution >= 0.6 is 11.3 Å². The fourth-order valence-electron chi connectivity index (χ4n) is 2.99. The molecule has 4 heterocycles. The second-order valence-corrected chi connectivity index (χ2v) is 7.32. The van der Waals surface area contributed by atoms with Crippen LogP contribution in [0.3, 0.4) is 0 Å². The van der Waals surface area contributed by atoms with E-state index in [1.54, 1.807) is 42.7 Å². The zero-order valence-electron chi connectivity index (χ0n) is 15.0. The summed E-state index contributed by atoms with van der Waals surface area (Å²) in [4.78, 5) is 25.2. The number of aromatic nitrogens is 2. The van der Waals surface area contributed by atoms with Gasteiger partial charge in [-0.2, -0.15) is 4.98 Å². The molecule has 0 atom stereocenters. The monoisotopic (exact) mass is 406 g/mol. The lowest BCUT2D eigenvalue weighted by molar-refractivity contribution is -0.114. The number of hydrogen-bond acceptors (Lipinski definition) is 8. The molecule has 0 spiro atoms. The molecule has 2 aliphatic heterocycles. The molecule has 0 fully saturated rings. The van der Waals surface area contributed by atoms with Crippen molar-refractivity contribution in [2.24, 2.45) is 4.99 Å². The van der Waals surface area contributed by atoms with Gasteiger partial charge in [-0.25, -0.2) is 4.99 Å². The average Bonchev–Trinajstić information content (AvgIpc) is 3.06. The molecule has 1 aromatic carbocycles. The maximum atomic E-state index is 12.5. The van der Waals surface area contributed by atoms with Gasteiger partial charge in [-0.1, -0.05) is 11.3 Å². The number of benzene rings is 1. The van der Waals surface area contributed by atoms with Crippen molar-refractivity contribution in [2.75, 3.05) is 18.5 Å². The number of anilines is 2. The summed E-state index contributed by atoms with van der Waals surface area (Å²) in [5, 5.41) is 15.0. The highest BCUT2D eigenvalue weighted by Crippen LogP contribution is 2.32. The average molecular weight is 406 g/mol. The first-order chi connectivity index (χ1) is 14.2. The Morgan fingerprint density at radius 2 is 2.03 bits per heavy atom. The molecule has 0 unspecified atom stereocenters. The van der Waals surface area contributed by atoms with E-state index < -0.39 is 5.91 Å². The van der Waals surface area contributed by atoms with Crippen LogP contribution in [0.1, 0.15) is 4.88 Å². The van der Waals surface area contributed by atoms with E-state index in [1.165, 1.54) is 11.3 Å². The van der Waals surface area contributed by atoms with Gasteiger partial charge in [0.2, 0.25) is 5.88 Å². The lowest BCUT2D eigenvalue weighted by Gasteiger charge is -2.18. The minimum atomic E-state index is -0.399. The number of ether oxygens (including phenoxy) is 2. The van der Waals surface area contributed by atoms with Crippen molar-refractivity contribution >= 4 is 40.2 Å². The van der Waals surface area contributed by atoms with Crippen LogP contribution in [0, 0.1) is 0 Å². The molecule has 2 aliphatic rings. The van der Waals surface area contributed by atoms with Crippen molar-refractivity contribution in [3.8, 4) is 17.4 Å². The van der Waals surface area contributed by atoms with Crippen LogP contribution in [-0.4, -0.2) is 34.2 Å². The van der Waals surface area contributed by atoms with E-state index in [-0.39, 0.29) is 5.88 Å². The van der Waals surface area contributed by atoms with Gasteiger partial charge in [0.15, 0.2) is 16.6 Å². The molecule has 29 heavy (non-hydrogen) atoms. The smallest absolute Gasteiger partial charge is 0.277 e. The Bertz CT molecular complexity index is 1270. The molecule has 0 aliphatic carbocycles. The summed E-state index contributed by atoms with van der Waals surface area (Å²) >= 11 is 1.22. The number of fused-ring (bicyclic) bond motifs is 2. The molecule has 9 heteroatoms. The van der Waals surface area contributed by atoms with Crippen molar-refractivity contribution < 1.29 is 19.4 Å². The number of carbonyl (C=O) groups is 1. The number of nitrogens with zero attached hydrogens (tertiary/aromatic N) is 3. The normalized spacial score (nSPS) is 16.0. The number of aromatic hydroxyl groups is 1. The maximum Gasteiger partial charge on any atom is 0.277 e. The fourth-order valence-corrected chi connectivity index (χ4v) is 3.82. The summed E-state index contributed by atoms with van der Waals surface area (Å²) in [6, 6.07) is 7.13. The summed E-state index contributed by atoms with van der Waals surface area (Å²) in [5.74, 6) is 0.643. The summed E-state index contributed by atoms with van der Waals surface area (Å²) in [6.45, 7) is 0.945. The molecule has 8 nitrogen and oxygen atoms in total. The van der Waals surface area contributed by atoms with Crippen LogP contribution in [0.15, 0.2) is 47.2 Å². The number of amides is 1. The number of nitrogens with one attached hydrogen (secondary N) is 1. The Hall–Kier alpha value is -3.72. The van der Waals surface area contributed by atoms with Crippen LogP contribution in [0.2, 0.25) is 0 Å². The molecule has 144 valence electrons. The van der Waals surface area contributed by atoms with E-state index in [0.29, 0.717) is 45.7 Å². The van der Waals surface area contributed by atoms with Crippen LogP contribution in [0.25, 0.3) is 12.2 Å². The molecule has 0 bridgehead atoms. The van der Waals surface area contributed by atoms with E-state index in [4.69, 9.17) is 9.47 Å². The quantitative estimate of drug-likeness (QED) is 0.639. The predicted molar refractivity (Wildman–Crippen MR) is 107 cm³/mol. The van der Waals surface area contributed by atoms with E-state index in [9.17, 15) is 9.90 Å². The second-order valence-electron chi connectivity index (χ2n) is 6.29. The Balaban J connectivity index is 1.50. The summed E-state index contributed by atoms with van der Waals surface area (Å²) in [7, 11) is 0. The maximum absolute atomic E-state index is 12.5. The standard InChI is InChI=1S/C20H14N4O4S/c25-18-12(6-11-7-15-16(9-14(11)23-18)28-5-4-27-15)8-17-19(26)24-20(29-17)22-13-2-1-3-21-10-13/h1-3,6-10,26H,4-5H2,(H,22,24)/b12-8+. The van der Waals surface area contributed by atoms with Crippen molar-refractivity contribution in [1.82, 2.24) is 9.97 Å². The van der Waals surface area contributed by atoms with Gasteiger partial charge in [0.25, 0.3) is 5.91 Å². The molecule has 0 radical (unpaired) electrons. The van der Waals surface area contributed by atoms with Crippen molar-refractivity contribution in [1.29, 1.82) is 0 Å². The molecule has 3 aromatic rings. The van der Waals surface area contributed by atoms with Gasteiger partial charge in [-0.3, -0.25) is 9.78 Å². The molecule has 1 amide bonds. The van der Waals surface area contributed by atoms with E-state index in [1.807, 2.05) is 6.07 Å². The van der Waals surface area contributed by atoms with Gasteiger partial charge in [0.05, 0.1) is 22.1 Å². The van der Waals surface area contributed by atoms with E-state index >= 15 is 0 Å². The summed E-state index contributed by atoms with van der Waals surface area (Å²) < 4.78 is 11.1. The molecular formula is C20H14N4O4S. The van der Waals surface area contributed by atoms with Crippen LogP contribution < -0.4 is 25.4 Å². The zero-order chi connectivity index (χ0) is 19.8. The lowest BCUT2D eigenvalue weighted by Crippen LogP contribution is -2.32. The number of pyridine rings is 1. The second kappa shape index (κ2) is 7.02. The highest BCUT2D eigenvalue weighted by molar-refractivity contribution is 7.16. The molecule has 0 saturated heterocycles. The Morgan fingerprint density at radius 1 is 1.21 bits per heavy atom. The van der Waals surface area contributed by atoms with Crippen LogP contribution in [0.4, 0.5) is 10.8 Å². The van der Waals surface area contributed by atoms with Gasteiger partial charge in [-0.05, 0) is 30.4 Å². The Kier molecular flexibility index (Phi) is 4.21.